The normalized spacial score (nSPS) is 17.3. The molecule has 0 fully saturated rings. The summed E-state index contributed by atoms with van der Waals surface area (Å²) in [5.41, 5.74) is 3.19. The van der Waals surface area contributed by atoms with Gasteiger partial charge >= 0.3 is 0 Å². The van der Waals surface area contributed by atoms with Crippen LogP contribution in [0.3, 0.4) is 0 Å². The second-order valence-corrected chi connectivity index (χ2v) is 6.69. The Bertz CT molecular complexity index is 621. The number of carbonyl (C=O) groups excluding carboxylic acids is 1. The van der Waals surface area contributed by atoms with E-state index in [0.717, 1.165) is 36.4 Å². The molecule has 2 aromatic heterocycles. The van der Waals surface area contributed by atoms with Crippen molar-refractivity contribution in [3.63, 3.8) is 0 Å². The number of hydrogen-bond donors (Lipinski definition) is 1. The van der Waals surface area contributed by atoms with Crippen LogP contribution in [0.4, 0.5) is 0 Å². The first-order chi connectivity index (χ1) is 10.2. The van der Waals surface area contributed by atoms with Gasteiger partial charge in [-0.15, -0.1) is 11.3 Å². The van der Waals surface area contributed by atoms with E-state index in [-0.39, 0.29) is 5.91 Å². The molecule has 0 aromatic carbocycles. The minimum absolute atomic E-state index is 0.0676. The van der Waals surface area contributed by atoms with Crippen molar-refractivity contribution >= 4 is 17.2 Å². The Hall–Kier alpha value is -1.68. The Morgan fingerprint density at radius 2 is 2.38 bits per heavy atom. The molecule has 110 valence electrons. The molecule has 1 aliphatic rings. The molecule has 4 heteroatoms. The molecule has 1 atom stereocenters. The molecule has 0 saturated carbocycles. The highest BCUT2D eigenvalue weighted by molar-refractivity contribution is 7.10. The monoisotopic (exact) mass is 300 g/mol. The lowest BCUT2D eigenvalue weighted by molar-refractivity contribution is 0.0953. The number of thiophene rings is 1. The highest BCUT2D eigenvalue weighted by Crippen LogP contribution is 2.32. The molecule has 0 unspecified atom stereocenters. The maximum Gasteiger partial charge on any atom is 0.252 e. The summed E-state index contributed by atoms with van der Waals surface area (Å²) in [7, 11) is 0. The maximum absolute atomic E-state index is 12.3. The summed E-state index contributed by atoms with van der Waals surface area (Å²) in [6, 6.07) is 5.86. The lowest BCUT2D eigenvalue weighted by atomic mass is 9.88. The van der Waals surface area contributed by atoms with Crippen LogP contribution in [-0.2, 0) is 19.3 Å². The predicted octanol–water partition coefficient (Wildman–Crippen LogP) is 3.24. The van der Waals surface area contributed by atoms with E-state index in [1.165, 1.54) is 16.9 Å². The summed E-state index contributed by atoms with van der Waals surface area (Å²) in [5.74, 6) is 0.814. The average molecular weight is 300 g/mol. The van der Waals surface area contributed by atoms with Gasteiger partial charge in [-0.25, -0.2) is 0 Å². The number of amides is 1. The van der Waals surface area contributed by atoms with Crippen LogP contribution in [0.25, 0.3) is 0 Å². The fraction of sp³-hybridized carbons (Fsp3) is 0.412. The number of nitrogens with zero attached hydrogens (tertiary/aromatic N) is 1. The molecule has 0 radical (unpaired) electrons. The van der Waals surface area contributed by atoms with Gasteiger partial charge in [0.25, 0.3) is 5.91 Å². The van der Waals surface area contributed by atoms with Gasteiger partial charge in [0.1, 0.15) is 0 Å². The summed E-state index contributed by atoms with van der Waals surface area (Å²) in [6.07, 6.45) is 5.92. The third-order valence-corrected chi connectivity index (χ3v) is 5.09. The van der Waals surface area contributed by atoms with Crippen LogP contribution in [0.2, 0.25) is 0 Å². The zero-order valence-electron chi connectivity index (χ0n) is 12.3. The average Bonchev–Trinajstić information content (AvgIpc) is 2.91. The zero-order valence-corrected chi connectivity index (χ0v) is 13.1. The van der Waals surface area contributed by atoms with E-state index in [0.29, 0.717) is 6.54 Å². The summed E-state index contributed by atoms with van der Waals surface area (Å²) in [5, 5.41) is 5.05. The molecule has 0 bridgehead atoms. The van der Waals surface area contributed by atoms with Gasteiger partial charge in [-0.2, -0.15) is 0 Å². The SMILES string of the molecule is C[C@H]1CCc2c(C(=O)NCCc3ccccn3)csc2C1. The summed E-state index contributed by atoms with van der Waals surface area (Å²) in [6.45, 7) is 2.92. The van der Waals surface area contributed by atoms with Gasteiger partial charge in [-0.1, -0.05) is 13.0 Å². The molecular weight excluding hydrogens is 280 g/mol. The molecule has 21 heavy (non-hydrogen) atoms. The van der Waals surface area contributed by atoms with Gasteiger partial charge in [0.2, 0.25) is 0 Å². The molecule has 3 nitrogen and oxygen atoms in total. The van der Waals surface area contributed by atoms with Crippen LogP contribution in [-0.4, -0.2) is 17.4 Å². The molecule has 0 spiro atoms. The van der Waals surface area contributed by atoms with Gasteiger partial charge in [0.05, 0.1) is 5.56 Å². The van der Waals surface area contributed by atoms with E-state index >= 15 is 0 Å². The van der Waals surface area contributed by atoms with E-state index in [9.17, 15) is 4.79 Å². The van der Waals surface area contributed by atoms with E-state index in [4.69, 9.17) is 0 Å². The van der Waals surface area contributed by atoms with Gasteiger partial charge in [0.15, 0.2) is 0 Å². The minimum atomic E-state index is 0.0676. The maximum atomic E-state index is 12.3. The van der Waals surface area contributed by atoms with Crippen molar-refractivity contribution in [3.05, 3.63) is 51.5 Å². The van der Waals surface area contributed by atoms with Crippen molar-refractivity contribution in [1.82, 2.24) is 10.3 Å². The summed E-state index contributed by atoms with van der Waals surface area (Å²) < 4.78 is 0. The minimum Gasteiger partial charge on any atom is -0.352 e. The molecule has 2 aromatic rings. The van der Waals surface area contributed by atoms with Crippen molar-refractivity contribution < 1.29 is 4.79 Å². The zero-order chi connectivity index (χ0) is 14.7. The molecule has 0 aliphatic heterocycles. The number of pyridine rings is 1. The molecular formula is C17H20N2OS. The fourth-order valence-corrected chi connectivity index (χ4v) is 4.06. The Morgan fingerprint density at radius 1 is 1.48 bits per heavy atom. The molecule has 0 saturated heterocycles. The Kier molecular flexibility index (Phi) is 4.34. The highest BCUT2D eigenvalue weighted by Gasteiger charge is 2.22. The van der Waals surface area contributed by atoms with Gasteiger partial charge < -0.3 is 5.32 Å². The highest BCUT2D eigenvalue weighted by atomic mass is 32.1. The topological polar surface area (TPSA) is 42.0 Å². The third kappa shape index (κ3) is 3.32. The van der Waals surface area contributed by atoms with Crippen molar-refractivity contribution in [2.45, 2.75) is 32.6 Å². The van der Waals surface area contributed by atoms with Crippen LogP contribution in [0, 0.1) is 5.92 Å². The second-order valence-electron chi connectivity index (χ2n) is 5.73. The molecule has 2 heterocycles. The van der Waals surface area contributed by atoms with E-state index < -0.39 is 0 Å². The Balaban J connectivity index is 1.59. The first kappa shape index (κ1) is 14.3. The van der Waals surface area contributed by atoms with Crippen molar-refractivity contribution in [3.8, 4) is 0 Å². The number of hydrogen-bond acceptors (Lipinski definition) is 3. The number of aromatic nitrogens is 1. The fourth-order valence-electron chi connectivity index (χ4n) is 2.81. The number of nitrogens with one attached hydrogen (secondary N) is 1. The molecule has 3 rings (SSSR count). The van der Waals surface area contributed by atoms with E-state index in [1.807, 2.05) is 23.6 Å². The van der Waals surface area contributed by atoms with Crippen LogP contribution in [0.15, 0.2) is 29.8 Å². The first-order valence-corrected chi connectivity index (χ1v) is 8.39. The van der Waals surface area contributed by atoms with Gasteiger partial charge in [0, 0.05) is 35.1 Å². The second kappa shape index (κ2) is 6.39. The lowest BCUT2D eigenvalue weighted by Gasteiger charge is -2.18. The molecule has 1 aliphatic carbocycles. The summed E-state index contributed by atoms with van der Waals surface area (Å²) in [4.78, 5) is 18.0. The third-order valence-electron chi connectivity index (χ3n) is 4.04. The van der Waals surface area contributed by atoms with Gasteiger partial charge in [-0.3, -0.25) is 9.78 Å². The van der Waals surface area contributed by atoms with Crippen molar-refractivity contribution in [1.29, 1.82) is 0 Å². The number of carbonyl (C=O) groups is 1. The quantitative estimate of drug-likeness (QED) is 0.942. The number of rotatable bonds is 4. The van der Waals surface area contributed by atoms with E-state index in [1.54, 1.807) is 17.5 Å². The van der Waals surface area contributed by atoms with Crippen LogP contribution in [0.5, 0.6) is 0 Å². The van der Waals surface area contributed by atoms with Crippen LogP contribution in [0.1, 0.15) is 39.8 Å². The lowest BCUT2D eigenvalue weighted by Crippen LogP contribution is -2.27. The Labute approximate surface area is 129 Å². The summed E-state index contributed by atoms with van der Waals surface area (Å²) >= 11 is 1.74. The van der Waals surface area contributed by atoms with Crippen LogP contribution < -0.4 is 5.32 Å². The smallest absolute Gasteiger partial charge is 0.252 e. The Morgan fingerprint density at radius 3 is 3.19 bits per heavy atom. The van der Waals surface area contributed by atoms with Crippen molar-refractivity contribution in [2.24, 2.45) is 5.92 Å². The van der Waals surface area contributed by atoms with Crippen LogP contribution >= 0.6 is 11.3 Å². The first-order valence-electron chi connectivity index (χ1n) is 7.51. The number of fused-ring (bicyclic) bond motifs is 1. The van der Waals surface area contributed by atoms with E-state index in [2.05, 4.69) is 17.2 Å². The van der Waals surface area contributed by atoms with Crippen molar-refractivity contribution in [2.75, 3.05) is 6.54 Å². The predicted molar refractivity (Wildman–Crippen MR) is 85.8 cm³/mol. The largest absolute Gasteiger partial charge is 0.352 e. The molecule has 1 N–H and O–H groups in total. The molecule has 1 amide bonds. The standard InChI is InChI=1S/C17H20N2OS/c1-12-5-6-14-15(11-21-16(14)10-12)17(20)19-9-7-13-4-2-3-8-18-13/h2-4,8,11-12H,5-7,9-10H2,1H3,(H,19,20)/t12-/m0/s1. The van der Waals surface area contributed by atoms with Gasteiger partial charge in [-0.05, 0) is 42.9 Å².